The van der Waals surface area contributed by atoms with Gasteiger partial charge in [-0.15, -0.1) is 0 Å². The minimum Gasteiger partial charge on any atom is -0.361 e. The topological polar surface area (TPSA) is 34.3 Å². The lowest BCUT2D eigenvalue weighted by Gasteiger charge is -2.42. The predicted molar refractivity (Wildman–Crippen MR) is 77.2 cm³/mol. The van der Waals surface area contributed by atoms with Crippen LogP contribution < -0.4 is 10.2 Å². The van der Waals surface area contributed by atoms with Gasteiger partial charge in [-0.1, -0.05) is 0 Å². The lowest BCUT2D eigenvalue weighted by molar-refractivity contribution is 0.0974. The van der Waals surface area contributed by atoms with E-state index in [4.69, 9.17) is 0 Å². The largest absolute Gasteiger partial charge is 0.361 e. The number of aromatic nitrogens is 1. The number of hydrogen-bond acceptors (Lipinski definition) is 3. The maximum atomic E-state index is 3.42. The Balaban J connectivity index is 1.84. The van der Waals surface area contributed by atoms with Crippen LogP contribution in [0, 0.1) is 0 Å². The van der Waals surface area contributed by atoms with Gasteiger partial charge in [0.25, 0.3) is 0 Å². The van der Waals surface area contributed by atoms with Crippen molar-refractivity contribution in [3.8, 4) is 0 Å². The Morgan fingerprint density at radius 3 is 2.67 bits per heavy atom. The Morgan fingerprint density at radius 2 is 2.06 bits per heavy atom. The average molecular weight is 250 g/mol. The number of rotatable bonds is 5. The summed E-state index contributed by atoms with van der Waals surface area (Å²) in [5.74, 6) is 1.20. The second-order valence-electron chi connectivity index (χ2n) is 5.78. The maximum absolute atomic E-state index is 3.42. The second kappa shape index (κ2) is 5.76. The lowest BCUT2D eigenvalue weighted by atomic mass is 9.97. The fourth-order valence-electron chi connectivity index (χ4n) is 2.55. The Labute approximate surface area is 110 Å². The van der Waals surface area contributed by atoms with Crippen LogP contribution in [0.4, 0.5) is 5.82 Å². The van der Waals surface area contributed by atoms with Crippen LogP contribution >= 0.6 is 0 Å². The van der Waals surface area contributed by atoms with Crippen molar-refractivity contribution in [2.45, 2.75) is 25.8 Å². The number of H-pyrrole nitrogens is 1. The number of nitrogens with zero attached hydrogens (tertiary/aromatic N) is 2. The molecule has 0 atom stereocenters. The van der Waals surface area contributed by atoms with E-state index in [-0.39, 0.29) is 5.54 Å². The fourth-order valence-corrected chi connectivity index (χ4v) is 2.55. The van der Waals surface area contributed by atoms with Crippen LogP contribution in [-0.4, -0.2) is 55.2 Å². The van der Waals surface area contributed by atoms with E-state index < -0.39 is 0 Å². The van der Waals surface area contributed by atoms with Crippen LogP contribution in [0.3, 0.4) is 0 Å². The third kappa shape index (κ3) is 3.27. The summed E-state index contributed by atoms with van der Waals surface area (Å²) in [6.07, 6.45) is 3.16. The molecule has 0 spiro atoms. The summed E-state index contributed by atoms with van der Waals surface area (Å²) in [6.45, 7) is 10.4. The van der Waals surface area contributed by atoms with E-state index in [2.05, 4.69) is 47.1 Å². The van der Waals surface area contributed by atoms with Crippen molar-refractivity contribution >= 4 is 5.82 Å². The minimum absolute atomic E-state index is 0.281. The van der Waals surface area contributed by atoms with Gasteiger partial charge in [-0.25, -0.2) is 0 Å². The summed E-state index contributed by atoms with van der Waals surface area (Å²) in [5.41, 5.74) is 0.281. The van der Waals surface area contributed by atoms with Gasteiger partial charge in [-0.05, 0) is 32.4 Å². The Bertz CT molecular complexity index is 339. The molecule has 0 aliphatic carbocycles. The maximum Gasteiger partial charge on any atom is 0.105 e. The molecule has 0 radical (unpaired) electrons. The number of piperazine rings is 1. The van der Waals surface area contributed by atoms with Gasteiger partial charge in [0, 0.05) is 51.5 Å². The SMILES string of the molecule is CN(CCC(C)(C)N1CCNCC1)c1ccc[nH]1. The summed E-state index contributed by atoms with van der Waals surface area (Å²) < 4.78 is 0. The van der Waals surface area contributed by atoms with Crippen LogP contribution in [-0.2, 0) is 0 Å². The number of hydrogen-bond donors (Lipinski definition) is 2. The fraction of sp³-hybridized carbons (Fsp3) is 0.714. The molecule has 4 heteroatoms. The van der Waals surface area contributed by atoms with Crippen molar-refractivity contribution in [3.05, 3.63) is 18.3 Å². The number of anilines is 1. The molecule has 1 aromatic heterocycles. The van der Waals surface area contributed by atoms with E-state index in [0.717, 1.165) is 19.6 Å². The molecule has 18 heavy (non-hydrogen) atoms. The molecule has 1 aliphatic heterocycles. The monoisotopic (exact) mass is 250 g/mol. The van der Waals surface area contributed by atoms with E-state index in [1.807, 2.05) is 12.3 Å². The normalized spacial score (nSPS) is 17.9. The van der Waals surface area contributed by atoms with Gasteiger partial charge in [0.05, 0.1) is 0 Å². The summed E-state index contributed by atoms with van der Waals surface area (Å²) >= 11 is 0. The molecule has 0 bridgehead atoms. The molecular weight excluding hydrogens is 224 g/mol. The Hall–Kier alpha value is -1.00. The van der Waals surface area contributed by atoms with Crippen LogP contribution in [0.1, 0.15) is 20.3 Å². The third-order valence-electron chi connectivity index (χ3n) is 4.02. The zero-order chi connectivity index (χ0) is 13.0. The van der Waals surface area contributed by atoms with Crippen LogP contribution in [0.25, 0.3) is 0 Å². The predicted octanol–water partition coefficient (Wildman–Crippen LogP) is 1.52. The molecule has 0 saturated carbocycles. The highest BCUT2D eigenvalue weighted by molar-refractivity contribution is 5.37. The highest BCUT2D eigenvalue weighted by Gasteiger charge is 2.27. The highest BCUT2D eigenvalue weighted by atomic mass is 15.2. The Morgan fingerprint density at radius 1 is 1.33 bits per heavy atom. The number of aromatic amines is 1. The molecule has 102 valence electrons. The standard InChI is InChI=1S/C14H26N4/c1-14(2,18-11-8-15-9-12-18)6-10-17(3)13-5-4-7-16-13/h4-5,7,15-16H,6,8-12H2,1-3H3. The van der Waals surface area contributed by atoms with Crippen LogP contribution in [0.2, 0.25) is 0 Å². The molecule has 4 nitrogen and oxygen atoms in total. The van der Waals surface area contributed by atoms with Crippen molar-refractivity contribution in [1.82, 2.24) is 15.2 Å². The minimum atomic E-state index is 0.281. The molecule has 0 aromatic carbocycles. The summed E-state index contributed by atoms with van der Waals surface area (Å²) in [6, 6.07) is 4.17. The smallest absolute Gasteiger partial charge is 0.105 e. The van der Waals surface area contributed by atoms with E-state index in [1.165, 1.54) is 25.3 Å². The van der Waals surface area contributed by atoms with Crippen molar-refractivity contribution in [1.29, 1.82) is 0 Å². The molecule has 2 heterocycles. The lowest BCUT2D eigenvalue weighted by Crippen LogP contribution is -2.54. The van der Waals surface area contributed by atoms with E-state index in [0.29, 0.717) is 0 Å². The number of nitrogens with one attached hydrogen (secondary N) is 2. The van der Waals surface area contributed by atoms with E-state index in [9.17, 15) is 0 Å². The highest BCUT2D eigenvalue weighted by Crippen LogP contribution is 2.20. The molecule has 1 fully saturated rings. The molecule has 1 saturated heterocycles. The quantitative estimate of drug-likeness (QED) is 0.831. The van der Waals surface area contributed by atoms with E-state index in [1.54, 1.807) is 0 Å². The molecule has 0 unspecified atom stereocenters. The first-order valence-electron chi connectivity index (χ1n) is 6.90. The van der Waals surface area contributed by atoms with Crippen molar-refractivity contribution in [2.24, 2.45) is 0 Å². The summed E-state index contributed by atoms with van der Waals surface area (Å²) in [5, 5.41) is 3.42. The van der Waals surface area contributed by atoms with Gasteiger partial charge in [0.1, 0.15) is 5.82 Å². The first kappa shape index (κ1) is 13.4. The van der Waals surface area contributed by atoms with Gasteiger partial charge in [0.2, 0.25) is 0 Å². The van der Waals surface area contributed by atoms with Crippen LogP contribution in [0.5, 0.6) is 0 Å². The Kier molecular flexibility index (Phi) is 4.30. The summed E-state index contributed by atoms with van der Waals surface area (Å²) in [7, 11) is 2.15. The van der Waals surface area contributed by atoms with Gasteiger partial charge in [0.15, 0.2) is 0 Å². The third-order valence-corrected chi connectivity index (χ3v) is 4.02. The average Bonchev–Trinajstić information content (AvgIpc) is 2.91. The zero-order valence-corrected chi connectivity index (χ0v) is 11.9. The van der Waals surface area contributed by atoms with Gasteiger partial charge >= 0.3 is 0 Å². The zero-order valence-electron chi connectivity index (χ0n) is 11.9. The molecule has 2 N–H and O–H groups in total. The first-order valence-corrected chi connectivity index (χ1v) is 6.90. The molecule has 0 amide bonds. The second-order valence-corrected chi connectivity index (χ2v) is 5.78. The molecular formula is C14H26N4. The van der Waals surface area contributed by atoms with Crippen LogP contribution in [0.15, 0.2) is 18.3 Å². The van der Waals surface area contributed by atoms with E-state index >= 15 is 0 Å². The van der Waals surface area contributed by atoms with Gasteiger partial charge < -0.3 is 15.2 Å². The van der Waals surface area contributed by atoms with Crippen molar-refractivity contribution in [2.75, 3.05) is 44.7 Å². The molecule has 1 aromatic rings. The van der Waals surface area contributed by atoms with Gasteiger partial charge in [-0.2, -0.15) is 0 Å². The summed E-state index contributed by atoms with van der Waals surface area (Å²) in [4.78, 5) is 8.15. The van der Waals surface area contributed by atoms with Crippen molar-refractivity contribution in [3.63, 3.8) is 0 Å². The first-order chi connectivity index (χ1) is 8.59. The molecule has 1 aliphatic rings. The van der Waals surface area contributed by atoms with Crippen molar-refractivity contribution < 1.29 is 0 Å². The van der Waals surface area contributed by atoms with Gasteiger partial charge in [-0.3, -0.25) is 4.90 Å². The molecule has 2 rings (SSSR count).